The predicted octanol–water partition coefficient (Wildman–Crippen LogP) is 16.1. The maximum Gasteiger partial charge on any atom is 2.00 e. The van der Waals surface area contributed by atoms with Crippen molar-refractivity contribution in [2.24, 2.45) is 0 Å². The topological polar surface area (TPSA) is 27.5 Å². The first kappa shape index (κ1) is 43.7. The van der Waals surface area contributed by atoms with Crippen LogP contribution in [0, 0.1) is 12.1 Å². The van der Waals surface area contributed by atoms with Gasteiger partial charge in [0, 0.05) is 28.4 Å². The van der Waals surface area contributed by atoms with Crippen molar-refractivity contribution in [1.82, 2.24) is 9.55 Å². The summed E-state index contributed by atoms with van der Waals surface area (Å²) in [6.07, 6.45) is 1.94. The van der Waals surface area contributed by atoms with Gasteiger partial charge in [0.05, 0.1) is 23.7 Å². The summed E-state index contributed by atoms with van der Waals surface area (Å²) in [4.78, 5) is 12.3. The second kappa shape index (κ2) is 17.9. The number of hydrogen-bond donors (Lipinski definition) is 0. The van der Waals surface area contributed by atoms with Crippen molar-refractivity contribution in [2.45, 2.75) is 46.1 Å². The van der Waals surface area contributed by atoms with Crippen LogP contribution in [0.25, 0.3) is 61.0 Å². The molecule has 0 fully saturated rings. The Hall–Kier alpha value is -7.20. The van der Waals surface area contributed by atoms with Gasteiger partial charge in [-0.05, 0) is 90.2 Å². The van der Waals surface area contributed by atoms with Gasteiger partial charge in [0.15, 0.2) is 0 Å². The molecule has 0 atom stereocenters. The Morgan fingerprint density at radius 1 is 0.552 bits per heavy atom. The minimum Gasteiger partial charge on any atom is -0.357 e. The van der Waals surface area contributed by atoms with Gasteiger partial charge in [-0.15, -0.1) is 35.7 Å². The largest absolute Gasteiger partial charge is 2.00 e. The fourth-order valence-electron chi connectivity index (χ4n) is 9.81. The number of rotatable bonds is 9. The monoisotopic (exact) mass is 1050 g/mol. The molecule has 10 aromatic rings. The summed E-state index contributed by atoms with van der Waals surface area (Å²) >= 11 is 0. The molecule has 8 aromatic carbocycles. The summed E-state index contributed by atoms with van der Waals surface area (Å²) in [5, 5.41) is 2.26. The average Bonchev–Trinajstić information content (AvgIpc) is 3.92. The fraction of sp³-hybridized carbons (Fsp3) is 0.131. The summed E-state index contributed by atoms with van der Waals surface area (Å²) in [6.45, 7) is 12.1. The van der Waals surface area contributed by atoms with E-state index in [1.165, 1.54) is 22.5 Å². The molecule has 3 heterocycles. The van der Waals surface area contributed by atoms with Crippen molar-refractivity contribution < 1.29 is 21.1 Å². The zero-order chi connectivity index (χ0) is 44.9. The standard InChI is InChI=1S/C61H51N5.Pt/c1-42(2)49-26-12-13-27-50(49)45-36-37-62-59(38-45)66-55-31-15-14-28-53(55)54-35-34-48(40-58(54)66)65(60-51(43-20-8-6-9-21-43)29-19-30-52(60)44-22-10-7-11-23-44)47-25-18-24-46(39-47)63-41-64(61(3,4)5)57-33-17-16-32-56(57)63;/h6-38,42H,41H2,1-5H3;/q-2;+2. The number of nitrogens with zero attached hydrogens (tertiary/aromatic N) is 5. The molecular formula is C61H51N5Pt. The van der Waals surface area contributed by atoms with Crippen LogP contribution in [-0.4, -0.2) is 21.8 Å². The van der Waals surface area contributed by atoms with Crippen LogP contribution in [0.1, 0.15) is 46.1 Å². The number of fused-ring (bicyclic) bond motifs is 4. The Morgan fingerprint density at radius 2 is 1.16 bits per heavy atom. The van der Waals surface area contributed by atoms with Crippen molar-refractivity contribution in [3.63, 3.8) is 0 Å². The average molecular weight is 1050 g/mol. The van der Waals surface area contributed by atoms with Crippen LogP contribution in [0.15, 0.2) is 200 Å². The van der Waals surface area contributed by atoms with Crippen molar-refractivity contribution in [2.75, 3.05) is 21.4 Å². The number of anilines is 6. The second-order valence-corrected chi connectivity index (χ2v) is 18.5. The molecule has 0 radical (unpaired) electrons. The second-order valence-electron chi connectivity index (χ2n) is 18.5. The smallest absolute Gasteiger partial charge is 0.357 e. The molecule has 11 rings (SSSR count). The van der Waals surface area contributed by atoms with Gasteiger partial charge in [0.1, 0.15) is 5.82 Å². The Kier molecular flexibility index (Phi) is 11.7. The van der Waals surface area contributed by atoms with Crippen LogP contribution in [0.4, 0.5) is 34.1 Å². The van der Waals surface area contributed by atoms with E-state index in [-0.39, 0.29) is 26.6 Å². The Balaban J connectivity index is 0.00000525. The summed E-state index contributed by atoms with van der Waals surface area (Å²) in [5.74, 6) is 1.22. The molecule has 6 heteroatoms. The molecule has 0 unspecified atom stereocenters. The normalized spacial score (nSPS) is 12.4. The SMILES string of the molecule is CC(C)c1ccccc1-c1ccnc(-n2c3[c-]c(N(c4[c-]c(N5CN(C(C)(C)C)c6ccccc65)ccc4)c4c(-c5ccccc5)cccc4-c4ccccc4)ccc3c3ccccc32)c1.[Pt+2]. The van der Waals surface area contributed by atoms with E-state index < -0.39 is 0 Å². The van der Waals surface area contributed by atoms with E-state index >= 15 is 0 Å². The number of para-hydroxylation sites is 4. The molecule has 0 amide bonds. The number of benzene rings is 8. The van der Waals surface area contributed by atoms with Crippen LogP contribution in [-0.2, 0) is 21.1 Å². The third-order valence-electron chi connectivity index (χ3n) is 13.0. The minimum absolute atomic E-state index is 0. The molecule has 0 spiro atoms. The molecule has 330 valence electrons. The molecule has 5 nitrogen and oxygen atoms in total. The first-order valence-corrected chi connectivity index (χ1v) is 22.9. The summed E-state index contributed by atoms with van der Waals surface area (Å²) in [5.41, 5.74) is 16.3. The number of hydrogen-bond acceptors (Lipinski definition) is 4. The van der Waals surface area contributed by atoms with Gasteiger partial charge in [-0.2, -0.15) is 12.1 Å². The van der Waals surface area contributed by atoms with Crippen molar-refractivity contribution in [3.05, 3.63) is 218 Å². The summed E-state index contributed by atoms with van der Waals surface area (Å²) < 4.78 is 2.29. The van der Waals surface area contributed by atoms with Gasteiger partial charge >= 0.3 is 21.1 Å². The van der Waals surface area contributed by atoms with Crippen molar-refractivity contribution in [3.8, 4) is 39.2 Å². The Labute approximate surface area is 408 Å². The molecule has 0 saturated carbocycles. The van der Waals surface area contributed by atoms with E-state index in [1.807, 2.05) is 6.20 Å². The van der Waals surface area contributed by atoms with Crippen molar-refractivity contribution in [1.29, 1.82) is 0 Å². The van der Waals surface area contributed by atoms with E-state index in [2.05, 4.69) is 260 Å². The minimum atomic E-state index is -0.0806. The first-order chi connectivity index (χ1) is 32.2. The summed E-state index contributed by atoms with van der Waals surface area (Å²) in [6, 6.07) is 77.7. The maximum atomic E-state index is 5.09. The van der Waals surface area contributed by atoms with Crippen LogP contribution in [0.3, 0.4) is 0 Å². The van der Waals surface area contributed by atoms with E-state index in [1.54, 1.807) is 0 Å². The van der Waals surface area contributed by atoms with Gasteiger partial charge in [0.25, 0.3) is 0 Å². The van der Waals surface area contributed by atoms with E-state index in [0.29, 0.717) is 12.6 Å². The first-order valence-electron chi connectivity index (χ1n) is 22.9. The maximum absolute atomic E-state index is 5.09. The molecule has 67 heavy (non-hydrogen) atoms. The fourth-order valence-corrected chi connectivity index (χ4v) is 9.81. The third-order valence-corrected chi connectivity index (χ3v) is 13.0. The molecule has 0 saturated heterocycles. The molecule has 0 N–H and O–H groups in total. The van der Waals surface area contributed by atoms with Crippen LogP contribution in [0.5, 0.6) is 0 Å². The predicted molar refractivity (Wildman–Crippen MR) is 277 cm³/mol. The molecule has 1 aliphatic rings. The quantitative estimate of drug-likeness (QED) is 0.135. The number of aromatic nitrogens is 2. The number of pyridine rings is 1. The van der Waals surface area contributed by atoms with Crippen molar-refractivity contribution >= 4 is 55.9 Å². The van der Waals surface area contributed by atoms with Gasteiger partial charge in [0.2, 0.25) is 0 Å². The van der Waals surface area contributed by atoms with Crippen LogP contribution in [0.2, 0.25) is 0 Å². The molecule has 0 bridgehead atoms. The van der Waals surface area contributed by atoms with Gasteiger partial charge < -0.3 is 19.3 Å². The zero-order valence-electron chi connectivity index (χ0n) is 38.4. The Morgan fingerprint density at radius 3 is 1.88 bits per heavy atom. The molecule has 1 aliphatic heterocycles. The van der Waals surface area contributed by atoms with E-state index in [9.17, 15) is 0 Å². The third kappa shape index (κ3) is 7.92. The van der Waals surface area contributed by atoms with Gasteiger partial charge in [-0.25, -0.2) is 4.98 Å². The Bertz CT molecular complexity index is 3330. The molecular weight excluding hydrogens is 998 g/mol. The van der Waals surface area contributed by atoms with E-state index in [0.717, 1.165) is 78.2 Å². The van der Waals surface area contributed by atoms with Gasteiger partial charge in [-0.3, -0.25) is 0 Å². The zero-order valence-corrected chi connectivity index (χ0v) is 40.7. The van der Waals surface area contributed by atoms with Gasteiger partial charge in [-0.1, -0.05) is 170 Å². The molecule has 2 aromatic heterocycles. The van der Waals surface area contributed by atoms with Crippen LogP contribution < -0.4 is 14.7 Å². The van der Waals surface area contributed by atoms with E-state index in [4.69, 9.17) is 4.98 Å². The molecule has 0 aliphatic carbocycles. The van der Waals surface area contributed by atoms with Crippen LogP contribution >= 0.6 is 0 Å². The summed E-state index contributed by atoms with van der Waals surface area (Å²) in [7, 11) is 0.